The fourth-order valence-corrected chi connectivity index (χ4v) is 2.03. The van der Waals surface area contributed by atoms with E-state index in [-0.39, 0.29) is 0 Å². The average molecular weight is 296 g/mol. The van der Waals surface area contributed by atoms with Crippen LogP contribution in [0.25, 0.3) is 0 Å². The Kier molecular flexibility index (Phi) is 7.51. The minimum atomic E-state index is 0.730. The van der Waals surface area contributed by atoms with E-state index in [1.54, 1.807) is 0 Å². The molecule has 0 fully saturated rings. The summed E-state index contributed by atoms with van der Waals surface area (Å²) in [7, 11) is 8.59. The standard InChI is InChI=1S/C15H26N4S/c1-18(2)10-9-16-15(20)17-11-13-5-7-14(8-6-13)12-19(3)4/h5-8H,9-12H2,1-4H3,(H2,16,17,20)/p+2. The Hall–Kier alpha value is -1.17. The summed E-state index contributed by atoms with van der Waals surface area (Å²) >= 11 is 5.25. The smallest absolute Gasteiger partial charge is 0.166 e. The Bertz CT molecular complexity index is 401. The number of hydrogen-bond acceptors (Lipinski definition) is 1. The van der Waals surface area contributed by atoms with Crippen molar-refractivity contribution in [1.29, 1.82) is 0 Å². The molecule has 20 heavy (non-hydrogen) atoms. The molecule has 4 nitrogen and oxygen atoms in total. The molecule has 5 heteroatoms. The first kappa shape index (κ1) is 16.9. The van der Waals surface area contributed by atoms with Gasteiger partial charge in [-0.3, -0.25) is 0 Å². The molecule has 0 aliphatic carbocycles. The van der Waals surface area contributed by atoms with Gasteiger partial charge in [-0.1, -0.05) is 24.3 Å². The van der Waals surface area contributed by atoms with Crippen molar-refractivity contribution in [2.45, 2.75) is 13.1 Å². The van der Waals surface area contributed by atoms with Gasteiger partial charge in [0.2, 0.25) is 0 Å². The molecular weight excluding hydrogens is 268 g/mol. The molecule has 1 rings (SSSR count). The van der Waals surface area contributed by atoms with Crippen molar-refractivity contribution in [2.75, 3.05) is 41.3 Å². The van der Waals surface area contributed by atoms with Crippen LogP contribution in [0, 0.1) is 0 Å². The summed E-state index contributed by atoms with van der Waals surface area (Å²) in [4.78, 5) is 2.85. The van der Waals surface area contributed by atoms with Crippen LogP contribution in [0.1, 0.15) is 11.1 Å². The van der Waals surface area contributed by atoms with E-state index < -0.39 is 0 Å². The fourth-order valence-electron chi connectivity index (χ4n) is 1.85. The molecule has 0 atom stereocenters. The summed E-state index contributed by atoms with van der Waals surface area (Å²) in [6.07, 6.45) is 0. The van der Waals surface area contributed by atoms with Crippen molar-refractivity contribution in [3.63, 3.8) is 0 Å². The molecule has 0 aromatic heterocycles. The Morgan fingerprint density at radius 1 is 0.950 bits per heavy atom. The number of thiocarbonyl (C=S) groups is 1. The van der Waals surface area contributed by atoms with Crippen LogP contribution in [-0.2, 0) is 13.1 Å². The highest BCUT2D eigenvalue weighted by Gasteiger charge is 2.00. The molecule has 0 heterocycles. The molecule has 0 aliphatic heterocycles. The van der Waals surface area contributed by atoms with Crippen molar-refractivity contribution in [3.05, 3.63) is 35.4 Å². The van der Waals surface area contributed by atoms with E-state index in [0.717, 1.165) is 31.3 Å². The Morgan fingerprint density at radius 3 is 2.10 bits per heavy atom. The number of nitrogens with one attached hydrogen (secondary N) is 4. The van der Waals surface area contributed by atoms with Crippen molar-refractivity contribution in [1.82, 2.24) is 10.6 Å². The van der Waals surface area contributed by atoms with Crippen LogP contribution in [0.3, 0.4) is 0 Å². The zero-order valence-corrected chi connectivity index (χ0v) is 13.9. The largest absolute Gasteiger partial charge is 0.359 e. The molecule has 4 N–H and O–H groups in total. The van der Waals surface area contributed by atoms with E-state index in [2.05, 4.69) is 63.1 Å². The third-order valence-electron chi connectivity index (χ3n) is 2.94. The van der Waals surface area contributed by atoms with E-state index in [1.807, 2.05) is 0 Å². The van der Waals surface area contributed by atoms with Gasteiger partial charge in [-0.25, -0.2) is 0 Å². The maximum atomic E-state index is 5.25. The normalized spacial score (nSPS) is 10.9. The Morgan fingerprint density at radius 2 is 1.55 bits per heavy atom. The highest BCUT2D eigenvalue weighted by atomic mass is 32.1. The second-order valence-corrected chi connectivity index (χ2v) is 6.18. The van der Waals surface area contributed by atoms with Crippen molar-refractivity contribution >= 4 is 17.3 Å². The molecule has 1 aromatic carbocycles. The lowest BCUT2D eigenvalue weighted by atomic mass is 10.1. The second kappa shape index (κ2) is 8.89. The fraction of sp³-hybridized carbons (Fsp3) is 0.533. The van der Waals surface area contributed by atoms with Crippen LogP contribution in [0.5, 0.6) is 0 Å². The van der Waals surface area contributed by atoms with Crippen molar-refractivity contribution in [3.8, 4) is 0 Å². The number of quaternary nitrogens is 2. The molecular formula is C15H28N4S+2. The monoisotopic (exact) mass is 296 g/mol. The van der Waals surface area contributed by atoms with Crippen LogP contribution in [0.15, 0.2) is 24.3 Å². The zero-order chi connectivity index (χ0) is 15.0. The molecule has 0 unspecified atom stereocenters. The topological polar surface area (TPSA) is 32.9 Å². The van der Waals surface area contributed by atoms with E-state index in [0.29, 0.717) is 0 Å². The number of likely N-dealkylation sites (N-methyl/N-ethyl adjacent to an activating group) is 1. The quantitative estimate of drug-likeness (QED) is 0.459. The van der Waals surface area contributed by atoms with Gasteiger partial charge in [0.25, 0.3) is 0 Å². The molecule has 0 spiro atoms. The SMILES string of the molecule is C[NH+](C)CCNC(=S)NCc1ccc(C[NH+](C)C)cc1. The van der Waals surface area contributed by atoms with E-state index in [1.165, 1.54) is 20.9 Å². The summed E-state index contributed by atoms with van der Waals surface area (Å²) in [6.45, 7) is 3.79. The number of rotatable bonds is 7. The highest BCUT2D eigenvalue weighted by Crippen LogP contribution is 2.03. The van der Waals surface area contributed by atoms with Crippen molar-refractivity contribution < 1.29 is 9.80 Å². The average Bonchev–Trinajstić information content (AvgIpc) is 2.37. The molecule has 112 valence electrons. The van der Waals surface area contributed by atoms with Crippen LogP contribution >= 0.6 is 12.2 Å². The summed E-state index contributed by atoms with van der Waals surface area (Å²) < 4.78 is 0. The van der Waals surface area contributed by atoms with Crippen LogP contribution in [0.2, 0.25) is 0 Å². The lowest BCUT2D eigenvalue weighted by Gasteiger charge is -2.12. The first-order valence-corrected chi connectivity index (χ1v) is 7.56. The van der Waals surface area contributed by atoms with Crippen LogP contribution in [-0.4, -0.2) is 46.4 Å². The van der Waals surface area contributed by atoms with Gasteiger partial charge in [0.15, 0.2) is 5.11 Å². The minimum Gasteiger partial charge on any atom is -0.359 e. The van der Waals surface area contributed by atoms with Gasteiger partial charge >= 0.3 is 0 Å². The predicted molar refractivity (Wildman–Crippen MR) is 88.1 cm³/mol. The molecule has 1 aromatic rings. The summed E-state index contributed by atoms with van der Waals surface area (Å²) in [6, 6.07) is 8.71. The van der Waals surface area contributed by atoms with Gasteiger partial charge in [0.05, 0.1) is 41.3 Å². The molecule has 0 radical (unpaired) electrons. The van der Waals surface area contributed by atoms with E-state index >= 15 is 0 Å². The number of hydrogen-bond donors (Lipinski definition) is 4. The first-order chi connectivity index (χ1) is 9.47. The third-order valence-corrected chi connectivity index (χ3v) is 3.23. The van der Waals surface area contributed by atoms with Crippen molar-refractivity contribution in [2.24, 2.45) is 0 Å². The zero-order valence-electron chi connectivity index (χ0n) is 13.0. The minimum absolute atomic E-state index is 0.730. The van der Waals surface area contributed by atoms with Crippen LogP contribution < -0.4 is 20.4 Å². The maximum Gasteiger partial charge on any atom is 0.166 e. The molecule has 0 aliphatic rings. The van der Waals surface area contributed by atoms with Gasteiger partial charge in [0.1, 0.15) is 6.54 Å². The predicted octanol–water partition coefficient (Wildman–Crippen LogP) is -1.56. The van der Waals surface area contributed by atoms with Gasteiger partial charge in [-0.05, 0) is 17.8 Å². The van der Waals surface area contributed by atoms with Gasteiger partial charge in [-0.2, -0.15) is 0 Å². The second-order valence-electron chi connectivity index (χ2n) is 5.77. The first-order valence-electron chi connectivity index (χ1n) is 7.15. The maximum absolute atomic E-state index is 5.25. The lowest BCUT2D eigenvalue weighted by molar-refractivity contribution is -0.872. The Balaban J connectivity index is 2.29. The number of benzene rings is 1. The van der Waals surface area contributed by atoms with Gasteiger partial charge in [-0.15, -0.1) is 0 Å². The third kappa shape index (κ3) is 7.43. The molecule has 0 bridgehead atoms. The van der Waals surface area contributed by atoms with E-state index in [4.69, 9.17) is 12.2 Å². The summed E-state index contributed by atoms with van der Waals surface area (Å²) in [5.41, 5.74) is 2.62. The summed E-state index contributed by atoms with van der Waals surface area (Å²) in [5, 5.41) is 7.19. The summed E-state index contributed by atoms with van der Waals surface area (Å²) in [5.74, 6) is 0. The molecule has 0 saturated carbocycles. The van der Waals surface area contributed by atoms with Gasteiger partial charge in [0, 0.05) is 12.1 Å². The highest BCUT2D eigenvalue weighted by molar-refractivity contribution is 7.80. The van der Waals surface area contributed by atoms with Crippen LogP contribution in [0.4, 0.5) is 0 Å². The Labute approximate surface area is 128 Å². The van der Waals surface area contributed by atoms with Gasteiger partial charge < -0.3 is 20.4 Å². The lowest BCUT2D eigenvalue weighted by Crippen LogP contribution is -3.06. The molecule has 0 amide bonds. The van der Waals surface area contributed by atoms with E-state index in [9.17, 15) is 0 Å². The molecule has 0 saturated heterocycles.